The monoisotopic (exact) mass is 258 g/mol. The van der Waals surface area contributed by atoms with E-state index in [1.807, 2.05) is 6.20 Å². The third-order valence-corrected chi connectivity index (χ3v) is 3.37. The number of ether oxygens (including phenoxy) is 1. The molecule has 0 saturated carbocycles. The average molecular weight is 258 g/mol. The van der Waals surface area contributed by atoms with Crippen molar-refractivity contribution >= 4 is 5.97 Å². The third-order valence-electron chi connectivity index (χ3n) is 3.37. The first-order chi connectivity index (χ1) is 9.25. The molecule has 3 rings (SSSR count). The summed E-state index contributed by atoms with van der Waals surface area (Å²) < 4.78 is 5.88. The number of nitrogens with zero attached hydrogens (tertiary/aromatic N) is 1. The number of carboxylic acids is 1. The maximum Gasteiger partial charge on any atom is 0.339 e. The van der Waals surface area contributed by atoms with Crippen molar-refractivity contribution in [2.24, 2.45) is 0 Å². The molecule has 0 spiro atoms. The van der Waals surface area contributed by atoms with Crippen LogP contribution in [0.15, 0.2) is 30.5 Å². The standard InChI is InChI=1S/C14H14N2O3/c17-14(18)10-5-1-2-6-11(10)19-12-7-3-4-9-8-15-16-13(9)12/h1-2,5-6,8,12H,3-4,7H2,(H,15,16)(H,17,18). The molecule has 5 nitrogen and oxygen atoms in total. The van der Waals surface area contributed by atoms with Gasteiger partial charge in [-0.2, -0.15) is 5.10 Å². The van der Waals surface area contributed by atoms with Crippen molar-refractivity contribution in [1.82, 2.24) is 10.2 Å². The molecule has 1 aliphatic carbocycles. The highest BCUT2D eigenvalue weighted by Crippen LogP contribution is 2.33. The molecule has 1 heterocycles. The summed E-state index contributed by atoms with van der Waals surface area (Å²) in [5.41, 5.74) is 2.31. The molecule has 5 heteroatoms. The van der Waals surface area contributed by atoms with Crippen LogP contribution in [0.5, 0.6) is 5.75 Å². The Kier molecular flexibility index (Phi) is 2.95. The number of nitrogens with one attached hydrogen (secondary N) is 1. The molecule has 1 unspecified atom stereocenters. The van der Waals surface area contributed by atoms with Crippen molar-refractivity contribution in [3.05, 3.63) is 47.3 Å². The predicted molar refractivity (Wildman–Crippen MR) is 68.3 cm³/mol. The Morgan fingerprint density at radius 1 is 1.42 bits per heavy atom. The van der Waals surface area contributed by atoms with E-state index in [2.05, 4.69) is 10.2 Å². The van der Waals surface area contributed by atoms with Gasteiger partial charge in [-0.1, -0.05) is 12.1 Å². The van der Waals surface area contributed by atoms with Gasteiger partial charge >= 0.3 is 5.97 Å². The highest BCUT2D eigenvalue weighted by Gasteiger charge is 2.25. The summed E-state index contributed by atoms with van der Waals surface area (Å²) in [7, 11) is 0. The molecule has 2 aromatic rings. The number of rotatable bonds is 3. The summed E-state index contributed by atoms with van der Waals surface area (Å²) in [4.78, 5) is 11.2. The van der Waals surface area contributed by atoms with Gasteiger partial charge in [0, 0.05) is 0 Å². The smallest absolute Gasteiger partial charge is 0.339 e. The number of H-pyrrole nitrogens is 1. The number of benzene rings is 1. The molecule has 0 fully saturated rings. The fourth-order valence-corrected chi connectivity index (χ4v) is 2.44. The zero-order valence-electron chi connectivity index (χ0n) is 10.3. The van der Waals surface area contributed by atoms with Crippen molar-refractivity contribution < 1.29 is 14.6 Å². The molecule has 98 valence electrons. The molecule has 0 saturated heterocycles. The number of hydrogen-bond donors (Lipinski definition) is 2. The zero-order chi connectivity index (χ0) is 13.2. The minimum atomic E-state index is -0.976. The van der Waals surface area contributed by atoms with Gasteiger partial charge in [-0.25, -0.2) is 4.79 Å². The van der Waals surface area contributed by atoms with E-state index in [1.54, 1.807) is 24.3 Å². The van der Waals surface area contributed by atoms with Crippen molar-refractivity contribution in [2.45, 2.75) is 25.4 Å². The summed E-state index contributed by atoms with van der Waals surface area (Å²) in [6.07, 6.45) is 4.54. The Bertz CT molecular complexity index is 606. The van der Waals surface area contributed by atoms with E-state index in [0.717, 1.165) is 30.5 Å². The highest BCUT2D eigenvalue weighted by atomic mass is 16.5. The Balaban J connectivity index is 1.90. The predicted octanol–water partition coefficient (Wildman–Crippen LogP) is 2.56. The molecule has 1 aromatic heterocycles. The lowest BCUT2D eigenvalue weighted by atomic mass is 9.95. The number of aromatic amines is 1. The van der Waals surface area contributed by atoms with Crippen LogP contribution in [0, 0.1) is 0 Å². The van der Waals surface area contributed by atoms with E-state index >= 15 is 0 Å². The van der Waals surface area contributed by atoms with Crippen LogP contribution in [0.4, 0.5) is 0 Å². The lowest BCUT2D eigenvalue weighted by molar-refractivity contribution is 0.0687. The third kappa shape index (κ3) is 2.19. The summed E-state index contributed by atoms with van der Waals surface area (Å²) >= 11 is 0. The maximum absolute atomic E-state index is 11.2. The number of aromatic nitrogens is 2. The molecule has 0 amide bonds. The number of carbonyl (C=O) groups is 1. The van der Waals surface area contributed by atoms with Crippen LogP contribution < -0.4 is 4.74 Å². The fraction of sp³-hybridized carbons (Fsp3) is 0.286. The minimum absolute atomic E-state index is 0.147. The topological polar surface area (TPSA) is 75.2 Å². The molecule has 0 radical (unpaired) electrons. The van der Waals surface area contributed by atoms with E-state index in [0.29, 0.717) is 5.75 Å². The van der Waals surface area contributed by atoms with Crippen molar-refractivity contribution in [2.75, 3.05) is 0 Å². The van der Waals surface area contributed by atoms with E-state index in [1.165, 1.54) is 0 Å². The SMILES string of the molecule is O=C(O)c1ccccc1OC1CCCc2cn[nH]c21. The minimum Gasteiger partial charge on any atom is -0.483 e. The lowest BCUT2D eigenvalue weighted by Gasteiger charge is -2.23. The molecule has 1 atom stereocenters. The second-order valence-electron chi connectivity index (χ2n) is 4.61. The van der Waals surface area contributed by atoms with Crippen LogP contribution in [0.3, 0.4) is 0 Å². The van der Waals surface area contributed by atoms with E-state index in [-0.39, 0.29) is 11.7 Å². The largest absolute Gasteiger partial charge is 0.483 e. The van der Waals surface area contributed by atoms with E-state index in [9.17, 15) is 4.79 Å². The molecular formula is C14H14N2O3. The van der Waals surface area contributed by atoms with Gasteiger partial charge in [0.15, 0.2) is 0 Å². The van der Waals surface area contributed by atoms with E-state index in [4.69, 9.17) is 9.84 Å². The van der Waals surface area contributed by atoms with Crippen LogP contribution in [0.2, 0.25) is 0 Å². The molecule has 1 aromatic carbocycles. The molecule has 2 N–H and O–H groups in total. The average Bonchev–Trinajstić information content (AvgIpc) is 2.88. The van der Waals surface area contributed by atoms with Gasteiger partial charge in [0.1, 0.15) is 17.4 Å². The van der Waals surface area contributed by atoms with Crippen LogP contribution in [-0.2, 0) is 6.42 Å². The maximum atomic E-state index is 11.2. The van der Waals surface area contributed by atoms with Crippen molar-refractivity contribution in [1.29, 1.82) is 0 Å². The van der Waals surface area contributed by atoms with Crippen LogP contribution in [0.25, 0.3) is 0 Å². The Hall–Kier alpha value is -2.30. The van der Waals surface area contributed by atoms with E-state index < -0.39 is 5.97 Å². The zero-order valence-corrected chi connectivity index (χ0v) is 10.3. The molecule has 1 aliphatic rings. The summed E-state index contributed by atoms with van der Waals surface area (Å²) in [5.74, 6) is -0.571. The highest BCUT2D eigenvalue weighted by molar-refractivity contribution is 5.90. The van der Waals surface area contributed by atoms with Crippen LogP contribution >= 0.6 is 0 Å². The summed E-state index contributed by atoms with van der Waals surface area (Å²) in [5, 5.41) is 16.1. The first-order valence-electron chi connectivity index (χ1n) is 6.27. The molecule has 0 aliphatic heterocycles. The van der Waals surface area contributed by atoms with Crippen molar-refractivity contribution in [3.8, 4) is 5.75 Å². The summed E-state index contributed by atoms with van der Waals surface area (Å²) in [6.45, 7) is 0. The Morgan fingerprint density at radius 2 is 2.26 bits per heavy atom. The first-order valence-corrected chi connectivity index (χ1v) is 6.27. The second-order valence-corrected chi connectivity index (χ2v) is 4.61. The Morgan fingerprint density at radius 3 is 3.11 bits per heavy atom. The van der Waals surface area contributed by atoms with Crippen molar-refractivity contribution in [3.63, 3.8) is 0 Å². The van der Waals surface area contributed by atoms with Gasteiger partial charge in [-0.15, -0.1) is 0 Å². The molecular weight excluding hydrogens is 244 g/mol. The second kappa shape index (κ2) is 4.76. The first kappa shape index (κ1) is 11.8. The summed E-state index contributed by atoms with van der Waals surface area (Å²) in [6, 6.07) is 6.71. The number of para-hydroxylation sites is 1. The number of aryl methyl sites for hydroxylation is 1. The quantitative estimate of drug-likeness (QED) is 0.887. The van der Waals surface area contributed by atoms with Crippen LogP contribution in [-0.4, -0.2) is 21.3 Å². The van der Waals surface area contributed by atoms with Gasteiger partial charge in [-0.05, 0) is 37.0 Å². The van der Waals surface area contributed by atoms with Gasteiger partial charge in [0.25, 0.3) is 0 Å². The normalized spacial score (nSPS) is 17.8. The van der Waals surface area contributed by atoms with Gasteiger partial charge in [0.2, 0.25) is 0 Å². The number of fused-ring (bicyclic) bond motifs is 1. The van der Waals surface area contributed by atoms with Gasteiger partial charge in [0.05, 0.1) is 11.9 Å². The lowest BCUT2D eigenvalue weighted by Crippen LogP contribution is -2.16. The van der Waals surface area contributed by atoms with Gasteiger partial charge in [-0.3, -0.25) is 5.10 Å². The van der Waals surface area contributed by atoms with Crippen LogP contribution in [0.1, 0.15) is 40.6 Å². The number of hydrogen-bond acceptors (Lipinski definition) is 3. The van der Waals surface area contributed by atoms with Gasteiger partial charge < -0.3 is 9.84 Å². The number of aromatic carboxylic acids is 1. The molecule has 19 heavy (non-hydrogen) atoms. The Labute approximate surface area is 110 Å². The number of carboxylic acid groups (broad SMARTS) is 1. The fourth-order valence-electron chi connectivity index (χ4n) is 2.44. The molecule has 0 bridgehead atoms.